The van der Waals surface area contributed by atoms with Crippen molar-refractivity contribution in [2.75, 3.05) is 13.2 Å². The van der Waals surface area contributed by atoms with Crippen molar-refractivity contribution in [3.63, 3.8) is 0 Å². The smallest absolute Gasteiger partial charge is 0.151 e. The van der Waals surface area contributed by atoms with Crippen LogP contribution in [0.5, 0.6) is 0 Å². The summed E-state index contributed by atoms with van der Waals surface area (Å²) in [6.07, 6.45) is 6.75. The largest absolute Gasteiger partial charge is 0.397 e. The zero-order valence-electron chi connectivity index (χ0n) is 19.9. The molecule has 2 aliphatic heterocycles. The Hall–Kier alpha value is -1.94. The minimum atomic E-state index is -1.34. The molecule has 2 fully saturated rings. The van der Waals surface area contributed by atoms with Gasteiger partial charge in [-0.2, -0.15) is 0 Å². The first-order valence-electron chi connectivity index (χ1n) is 10.1. The molecule has 2 aliphatic rings. The number of hydrogen-bond acceptors (Lipinski definition) is 12. The number of aliphatic hydroxyl groups is 8. The Morgan fingerprint density at radius 2 is 1.03 bits per heavy atom. The van der Waals surface area contributed by atoms with Crippen molar-refractivity contribution in [1.29, 1.82) is 0 Å². The molecule has 0 aromatic rings. The summed E-state index contributed by atoms with van der Waals surface area (Å²) in [6, 6.07) is 0. The van der Waals surface area contributed by atoms with Gasteiger partial charge in [0.2, 0.25) is 0 Å². The van der Waals surface area contributed by atoms with E-state index >= 15 is 0 Å². The van der Waals surface area contributed by atoms with Crippen molar-refractivity contribution >= 4 is 12.6 Å². The van der Waals surface area contributed by atoms with E-state index in [0.29, 0.717) is 6.29 Å². The molecule has 12 nitrogen and oxygen atoms in total. The lowest BCUT2D eigenvalue weighted by Gasteiger charge is -2.38. The first-order valence-corrected chi connectivity index (χ1v) is 10.1. The van der Waals surface area contributed by atoms with Gasteiger partial charge in [-0.15, -0.1) is 25.7 Å². The third-order valence-electron chi connectivity index (χ3n) is 4.15. The molecule has 34 heavy (non-hydrogen) atoms. The molecule has 0 radical (unpaired) electrons. The van der Waals surface area contributed by atoms with Crippen LogP contribution in [0.1, 0.15) is 27.7 Å². The van der Waals surface area contributed by atoms with E-state index < -0.39 is 61.0 Å². The second kappa shape index (κ2) is 24.2. The number of carbonyl (C=O) groups is 2. The van der Waals surface area contributed by atoms with Crippen molar-refractivity contribution in [3.05, 3.63) is 0 Å². The monoisotopic (exact) mass is 496 g/mol. The lowest BCUT2D eigenvalue weighted by atomic mass is 9.96. The molecule has 2 saturated heterocycles. The van der Waals surface area contributed by atoms with E-state index in [1.807, 2.05) is 0 Å². The molecular weight excluding hydrogens is 456 g/mol. The molecule has 0 amide bonds. The van der Waals surface area contributed by atoms with E-state index in [1.165, 1.54) is 13.8 Å². The Kier molecular flexibility index (Phi) is 28.0. The van der Waals surface area contributed by atoms with Crippen LogP contribution in [0, 0.1) is 25.7 Å². The topological polar surface area (TPSA) is 214 Å². The third-order valence-corrected chi connectivity index (χ3v) is 4.15. The molecule has 2 unspecified atom stereocenters. The number of aliphatic hydroxyl groups excluding tert-OH is 8. The maximum atomic E-state index is 10.3. The van der Waals surface area contributed by atoms with Crippen molar-refractivity contribution in [2.24, 2.45) is 0 Å². The molecule has 2 heterocycles. The molecule has 0 bridgehead atoms. The predicted octanol–water partition coefficient (Wildman–Crippen LogP) is -3.39. The molecule has 2 rings (SSSR count). The van der Waals surface area contributed by atoms with Crippen LogP contribution in [-0.2, 0) is 19.1 Å². The minimum absolute atomic E-state index is 0.250. The molecule has 0 aromatic carbocycles. The van der Waals surface area contributed by atoms with E-state index in [0.717, 1.165) is 6.29 Å². The van der Waals surface area contributed by atoms with Crippen molar-refractivity contribution in [1.82, 2.24) is 0 Å². The molecule has 8 N–H and O–H groups in total. The van der Waals surface area contributed by atoms with E-state index in [-0.39, 0.29) is 13.2 Å². The summed E-state index contributed by atoms with van der Waals surface area (Å²) in [5.74, 6) is 0. The Labute approximate surface area is 200 Å². The molecular formula is C22H40O12. The normalized spacial score (nSPS) is 35.6. The summed E-state index contributed by atoms with van der Waals surface area (Å²) in [5.41, 5.74) is 0. The molecule has 0 spiro atoms. The van der Waals surface area contributed by atoms with Crippen LogP contribution in [-0.4, -0.2) is 128 Å². The highest BCUT2D eigenvalue weighted by atomic mass is 16.5. The Bertz CT molecular complexity index is 516. The van der Waals surface area contributed by atoms with Crippen LogP contribution in [0.25, 0.3) is 0 Å². The van der Waals surface area contributed by atoms with Gasteiger partial charge in [0.15, 0.2) is 6.29 Å². The molecule has 0 aromatic heterocycles. The van der Waals surface area contributed by atoms with Crippen molar-refractivity contribution in [2.45, 2.75) is 88.7 Å². The third kappa shape index (κ3) is 14.3. The average Bonchev–Trinajstić information content (AvgIpc) is 2.85. The molecule has 12 heteroatoms. The van der Waals surface area contributed by atoms with Crippen LogP contribution in [0.15, 0.2) is 0 Å². The summed E-state index contributed by atoms with van der Waals surface area (Å²) in [4.78, 5) is 19.1. The highest BCUT2D eigenvalue weighted by molar-refractivity contribution is 5.57. The zero-order valence-corrected chi connectivity index (χ0v) is 19.9. The van der Waals surface area contributed by atoms with Gasteiger partial charge in [0, 0.05) is 6.61 Å². The van der Waals surface area contributed by atoms with Gasteiger partial charge in [0.25, 0.3) is 0 Å². The van der Waals surface area contributed by atoms with E-state index in [2.05, 4.69) is 25.7 Å². The Morgan fingerprint density at radius 1 is 0.706 bits per heavy atom. The molecule has 10 atom stereocenters. The van der Waals surface area contributed by atoms with Gasteiger partial charge in [0.05, 0.1) is 18.8 Å². The van der Waals surface area contributed by atoms with Gasteiger partial charge in [-0.25, -0.2) is 0 Å². The minimum Gasteiger partial charge on any atom is -0.397 e. The molecule has 0 aliphatic carbocycles. The fraction of sp³-hybridized carbons (Fsp3) is 0.727. The van der Waals surface area contributed by atoms with E-state index in [1.54, 1.807) is 13.8 Å². The lowest BCUT2D eigenvalue weighted by molar-refractivity contribution is -0.224. The highest BCUT2D eigenvalue weighted by Crippen LogP contribution is 2.20. The van der Waals surface area contributed by atoms with Crippen molar-refractivity contribution < 1.29 is 59.9 Å². The lowest BCUT2D eigenvalue weighted by Crippen LogP contribution is -2.57. The maximum Gasteiger partial charge on any atom is 0.151 e. The van der Waals surface area contributed by atoms with Crippen LogP contribution < -0.4 is 0 Å². The fourth-order valence-corrected chi connectivity index (χ4v) is 2.48. The summed E-state index contributed by atoms with van der Waals surface area (Å²) in [5, 5.41) is 71.5. The first-order chi connectivity index (χ1) is 16.0. The SMILES string of the molecule is C#C.C#C.CC1O[C@H](C=O)[C@H](O)[C@H](O)[C@H]1O.CC1O[C@H](CO)[C@H](O)[C@H](O)[C@H]1O.CC=O.CCO. The van der Waals surface area contributed by atoms with Gasteiger partial charge >= 0.3 is 0 Å². The van der Waals surface area contributed by atoms with Gasteiger partial charge in [0.1, 0.15) is 55.1 Å². The van der Waals surface area contributed by atoms with Crippen LogP contribution in [0.4, 0.5) is 0 Å². The average molecular weight is 497 g/mol. The Balaban J connectivity index is -0.000000192. The number of rotatable bonds is 2. The summed E-state index contributed by atoms with van der Waals surface area (Å²) in [7, 11) is 0. The van der Waals surface area contributed by atoms with Gasteiger partial charge < -0.3 is 59.9 Å². The number of aldehydes is 2. The second-order valence-electron chi connectivity index (χ2n) is 6.50. The summed E-state index contributed by atoms with van der Waals surface area (Å²) >= 11 is 0. The fourth-order valence-electron chi connectivity index (χ4n) is 2.48. The quantitative estimate of drug-likeness (QED) is 0.139. The maximum absolute atomic E-state index is 10.3. The van der Waals surface area contributed by atoms with Gasteiger partial charge in [-0.1, -0.05) is 0 Å². The van der Waals surface area contributed by atoms with Crippen molar-refractivity contribution in [3.8, 4) is 25.7 Å². The molecule has 0 saturated carbocycles. The molecule has 200 valence electrons. The number of ether oxygens (including phenoxy) is 2. The van der Waals surface area contributed by atoms with Gasteiger partial charge in [-0.3, -0.25) is 0 Å². The zero-order chi connectivity index (χ0) is 28.0. The Morgan fingerprint density at radius 3 is 1.35 bits per heavy atom. The summed E-state index contributed by atoms with van der Waals surface area (Å²) < 4.78 is 9.92. The van der Waals surface area contributed by atoms with Gasteiger partial charge in [-0.05, 0) is 27.7 Å². The first kappa shape index (κ1) is 39.3. The highest BCUT2D eigenvalue weighted by Gasteiger charge is 2.42. The standard InChI is InChI=1S/C7H14O5.C7H12O5.C2H6O.C2H4O.2C2H2/c2*1-3-5(9)7(11)6(10)4(2-8)12-3;2*1-2-3;2*1-2/h3-11H,2H2,1H3;2-7,9-11H,1H3;3H,2H2,1H3;2H,1H3;2*1-2H/t2*3?,4-,5+,6+,7-;;;;/m11..../s1. The van der Waals surface area contributed by atoms with E-state index in [9.17, 15) is 30.3 Å². The summed E-state index contributed by atoms with van der Waals surface area (Å²) in [6.45, 7) is 6.11. The number of terminal acetylenes is 2. The van der Waals surface area contributed by atoms with E-state index in [4.69, 9.17) is 29.6 Å². The number of hydrogen-bond donors (Lipinski definition) is 8. The van der Waals surface area contributed by atoms with Crippen LogP contribution >= 0.6 is 0 Å². The van der Waals surface area contributed by atoms with Crippen LogP contribution in [0.3, 0.4) is 0 Å². The predicted molar refractivity (Wildman–Crippen MR) is 122 cm³/mol. The number of carbonyl (C=O) groups excluding carboxylic acids is 2. The second-order valence-corrected chi connectivity index (χ2v) is 6.50. The van der Waals surface area contributed by atoms with Crippen LogP contribution in [0.2, 0.25) is 0 Å².